The molecule has 0 bridgehead atoms. The van der Waals surface area contributed by atoms with Gasteiger partial charge in [0.25, 0.3) is 0 Å². The SMILES string of the molecule is CNc1nnc(S[C@@H](C)C(=O)Nc2cc(Cl)ccc2Cl)s1. The molecule has 0 fully saturated rings. The van der Waals surface area contributed by atoms with E-state index in [0.29, 0.717) is 20.9 Å². The molecule has 0 unspecified atom stereocenters. The maximum Gasteiger partial charge on any atom is 0.237 e. The molecule has 2 rings (SSSR count). The molecule has 2 N–H and O–H groups in total. The van der Waals surface area contributed by atoms with Gasteiger partial charge in [-0.2, -0.15) is 0 Å². The van der Waals surface area contributed by atoms with E-state index in [-0.39, 0.29) is 11.2 Å². The van der Waals surface area contributed by atoms with Crippen LogP contribution in [0.2, 0.25) is 10.0 Å². The number of hydrogen-bond donors (Lipinski definition) is 2. The summed E-state index contributed by atoms with van der Waals surface area (Å²) in [4.78, 5) is 12.2. The van der Waals surface area contributed by atoms with Gasteiger partial charge in [0.2, 0.25) is 11.0 Å². The van der Waals surface area contributed by atoms with Crippen LogP contribution in [0.4, 0.5) is 10.8 Å². The van der Waals surface area contributed by atoms with E-state index in [1.807, 2.05) is 0 Å². The van der Waals surface area contributed by atoms with Crippen molar-refractivity contribution in [2.24, 2.45) is 0 Å². The van der Waals surface area contributed by atoms with E-state index in [2.05, 4.69) is 20.8 Å². The molecule has 2 aromatic rings. The van der Waals surface area contributed by atoms with E-state index in [4.69, 9.17) is 23.2 Å². The third-order valence-electron chi connectivity index (χ3n) is 2.45. The number of hydrogen-bond acceptors (Lipinski definition) is 6. The Bertz CT molecular complexity index is 650. The van der Waals surface area contributed by atoms with Crippen LogP contribution in [-0.2, 0) is 4.79 Å². The highest BCUT2D eigenvalue weighted by Gasteiger charge is 2.18. The predicted octanol–water partition coefficient (Wildman–Crippen LogP) is 4.01. The van der Waals surface area contributed by atoms with Gasteiger partial charge in [0.15, 0.2) is 4.34 Å². The number of rotatable bonds is 5. The molecule has 1 amide bonds. The largest absolute Gasteiger partial charge is 0.363 e. The number of anilines is 2. The zero-order chi connectivity index (χ0) is 15.4. The fourth-order valence-electron chi connectivity index (χ4n) is 1.39. The van der Waals surface area contributed by atoms with Crippen molar-refractivity contribution >= 4 is 63.0 Å². The summed E-state index contributed by atoms with van der Waals surface area (Å²) in [6.45, 7) is 1.79. The monoisotopic (exact) mass is 362 g/mol. The molecule has 0 aliphatic rings. The van der Waals surface area contributed by atoms with Gasteiger partial charge in [-0.3, -0.25) is 4.79 Å². The minimum Gasteiger partial charge on any atom is -0.363 e. The Hall–Kier alpha value is -1.02. The molecular formula is C12H12Cl2N4OS2. The second-order valence-corrected chi connectivity index (χ2v) is 7.41. The summed E-state index contributed by atoms with van der Waals surface area (Å²) in [5.41, 5.74) is 0.495. The standard InChI is InChI=1S/C12H12Cl2N4OS2/c1-6(20-12-18-17-11(15-2)21-12)10(19)16-9-5-7(13)3-4-8(9)14/h3-6H,1-2H3,(H,15,17)(H,16,19)/t6-/m0/s1. The molecule has 0 saturated carbocycles. The van der Waals surface area contributed by atoms with Crippen LogP contribution in [0.25, 0.3) is 0 Å². The fourth-order valence-corrected chi connectivity index (χ4v) is 3.58. The highest BCUT2D eigenvalue weighted by molar-refractivity contribution is 8.02. The van der Waals surface area contributed by atoms with Gasteiger partial charge >= 0.3 is 0 Å². The molecule has 1 aromatic heterocycles. The fraction of sp³-hybridized carbons (Fsp3) is 0.250. The summed E-state index contributed by atoms with van der Waals surface area (Å²) >= 11 is 14.6. The third-order valence-corrected chi connectivity index (χ3v) is 5.14. The van der Waals surface area contributed by atoms with Gasteiger partial charge in [0.05, 0.1) is 16.0 Å². The van der Waals surface area contributed by atoms with Crippen LogP contribution in [0.3, 0.4) is 0 Å². The lowest BCUT2D eigenvalue weighted by molar-refractivity contribution is -0.115. The number of nitrogens with one attached hydrogen (secondary N) is 2. The predicted molar refractivity (Wildman–Crippen MR) is 89.9 cm³/mol. The lowest BCUT2D eigenvalue weighted by Crippen LogP contribution is -2.22. The Morgan fingerprint density at radius 1 is 1.38 bits per heavy atom. The summed E-state index contributed by atoms with van der Waals surface area (Å²) in [5.74, 6) is -0.176. The molecule has 0 aliphatic carbocycles. The zero-order valence-corrected chi connectivity index (χ0v) is 14.3. The summed E-state index contributed by atoms with van der Waals surface area (Å²) in [6.07, 6.45) is 0. The van der Waals surface area contributed by atoms with Crippen LogP contribution in [0, 0.1) is 0 Å². The summed E-state index contributed by atoms with van der Waals surface area (Å²) in [7, 11) is 1.77. The molecule has 1 atom stereocenters. The number of halogens is 2. The zero-order valence-electron chi connectivity index (χ0n) is 11.2. The van der Waals surface area contributed by atoms with E-state index in [1.54, 1.807) is 32.2 Å². The molecular weight excluding hydrogens is 351 g/mol. The van der Waals surface area contributed by atoms with Crippen LogP contribution < -0.4 is 10.6 Å². The first kappa shape index (κ1) is 16.4. The molecule has 0 spiro atoms. The molecule has 1 aromatic carbocycles. The highest BCUT2D eigenvalue weighted by Crippen LogP contribution is 2.30. The molecule has 9 heteroatoms. The number of amides is 1. The smallest absolute Gasteiger partial charge is 0.237 e. The summed E-state index contributed by atoms with van der Waals surface area (Å²) in [5, 5.41) is 14.9. The number of carbonyl (C=O) groups excluding carboxylic acids is 1. The second kappa shape index (κ2) is 7.31. The molecule has 1 heterocycles. The van der Waals surface area contributed by atoms with Gasteiger partial charge in [-0.25, -0.2) is 0 Å². The number of carbonyl (C=O) groups is 1. The molecule has 0 aliphatic heterocycles. The first-order valence-electron chi connectivity index (χ1n) is 5.93. The minimum absolute atomic E-state index is 0.176. The van der Waals surface area contributed by atoms with Gasteiger partial charge < -0.3 is 10.6 Å². The van der Waals surface area contributed by atoms with Crippen LogP contribution in [-0.4, -0.2) is 28.4 Å². The maximum atomic E-state index is 12.2. The van der Waals surface area contributed by atoms with Gasteiger partial charge in [-0.05, 0) is 25.1 Å². The van der Waals surface area contributed by atoms with Crippen LogP contribution in [0.5, 0.6) is 0 Å². The van der Waals surface area contributed by atoms with Crippen molar-refractivity contribution in [1.82, 2.24) is 10.2 Å². The van der Waals surface area contributed by atoms with Gasteiger partial charge in [0.1, 0.15) is 0 Å². The lowest BCUT2D eigenvalue weighted by atomic mass is 10.3. The number of benzene rings is 1. The second-order valence-electron chi connectivity index (χ2n) is 4.00. The van der Waals surface area contributed by atoms with Gasteiger partial charge in [-0.15, -0.1) is 10.2 Å². The third kappa shape index (κ3) is 4.47. The molecule has 5 nitrogen and oxygen atoms in total. The Kier molecular flexibility index (Phi) is 5.69. The van der Waals surface area contributed by atoms with E-state index in [9.17, 15) is 4.79 Å². The lowest BCUT2D eigenvalue weighted by Gasteiger charge is -2.11. The first-order chi connectivity index (χ1) is 9.99. The number of thioether (sulfide) groups is 1. The quantitative estimate of drug-likeness (QED) is 0.786. The van der Waals surface area contributed by atoms with E-state index in [1.165, 1.54) is 23.1 Å². The Morgan fingerprint density at radius 2 is 2.14 bits per heavy atom. The Morgan fingerprint density at radius 3 is 2.81 bits per heavy atom. The van der Waals surface area contributed by atoms with Crippen molar-refractivity contribution in [2.45, 2.75) is 16.5 Å². The van der Waals surface area contributed by atoms with Crippen LogP contribution in [0.15, 0.2) is 22.5 Å². The molecule has 21 heavy (non-hydrogen) atoms. The highest BCUT2D eigenvalue weighted by atomic mass is 35.5. The first-order valence-corrected chi connectivity index (χ1v) is 8.38. The van der Waals surface area contributed by atoms with Crippen molar-refractivity contribution in [3.05, 3.63) is 28.2 Å². The van der Waals surface area contributed by atoms with Crippen LogP contribution in [0.1, 0.15) is 6.92 Å². The van der Waals surface area contributed by atoms with Crippen molar-refractivity contribution in [1.29, 1.82) is 0 Å². The van der Waals surface area contributed by atoms with Crippen molar-refractivity contribution in [3.63, 3.8) is 0 Å². The normalized spacial score (nSPS) is 12.0. The topological polar surface area (TPSA) is 66.9 Å². The molecule has 0 saturated heterocycles. The average molecular weight is 363 g/mol. The van der Waals surface area contributed by atoms with Gasteiger partial charge in [-0.1, -0.05) is 46.3 Å². The maximum absolute atomic E-state index is 12.2. The van der Waals surface area contributed by atoms with E-state index >= 15 is 0 Å². The van der Waals surface area contributed by atoms with E-state index < -0.39 is 0 Å². The summed E-state index contributed by atoms with van der Waals surface area (Å²) in [6, 6.07) is 4.92. The van der Waals surface area contributed by atoms with Crippen molar-refractivity contribution < 1.29 is 4.79 Å². The van der Waals surface area contributed by atoms with E-state index in [0.717, 1.165) is 4.34 Å². The number of nitrogens with zero attached hydrogens (tertiary/aromatic N) is 2. The Labute approximate surface area is 140 Å². The summed E-state index contributed by atoms with van der Waals surface area (Å²) < 4.78 is 0.721. The number of aromatic nitrogens is 2. The van der Waals surface area contributed by atoms with Crippen LogP contribution >= 0.6 is 46.3 Å². The minimum atomic E-state index is -0.335. The van der Waals surface area contributed by atoms with Crippen molar-refractivity contribution in [2.75, 3.05) is 17.7 Å². The van der Waals surface area contributed by atoms with Crippen molar-refractivity contribution in [3.8, 4) is 0 Å². The molecule has 0 radical (unpaired) electrons. The van der Waals surface area contributed by atoms with Gasteiger partial charge in [0, 0.05) is 12.1 Å². The molecule has 112 valence electrons. The average Bonchev–Trinajstić information content (AvgIpc) is 2.90. The Balaban J connectivity index is 2.00.